The van der Waals surface area contributed by atoms with Crippen molar-refractivity contribution in [3.63, 3.8) is 0 Å². The van der Waals surface area contributed by atoms with Crippen LogP contribution in [-0.4, -0.2) is 24.3 Å². The van der Waals surface area contributed by atoms with Crippen LogP contribution in [0.25, 0.3) is 11.1 Å². The van der Waals surface area contributed by atoms with Crippen LogP contribution in [0, 0.1) is 6.92 Å². The number of carbonyl (C=O) groups is 1. The van der Waals surface area contributed by atoms with E-state index in [9.17, 15) is 9.90 Å². The lowest BCUT2D eigenvalue weighted by molar-refractivity contribution is -0.137. The fourth-order valence-electron chi connectivity index (χ4n) is 6.10. The summed E-state index contributed by atoms with van der Waals surface area (Å²) in [6.07, 6.45) is 5.44. The van der Waals surface area contributed by atoms with Gasteiger partial charge in [0.25, 0.3) is 0 Å². The molecule has 0 saturated heterocycles. The Kier molecular flexibility index (Phi) is 8.94. The maximum Gasteiger partial charge on any atom is 0.330 e. The number of aliphatic hydroxyl groups is 1. The molecule has 42 heavy (non-hydrogen) atoms. The van der Waals surface area contributed by atoms with E-state index in [4.69, 9.17) is 4.74 Å². The maximum absolute atomic E-state index is 11.3. The lowest BCUT2D eigenvalue weighted by Gasteiger charge is -2.30. The molecular weight excluding hydrogens is 518 g/mol. The van der Waals surface area contributed by atoms with Gasteiger partial charge in [0.15, 0.2) is 0 Å². The van der Waals surface area contributed by atoms with E-state index in [-0.39, 0.29) is 18.0 Å². The molecule has 0 bridgehead atoms. The van der Waals surface area contributed by atoms with Crippen molar-refractivity contribution in [2.75, 3.05) is 18.1 Å². The fourth-order valence-corrected chi connectivity index (χ4v) is 6.10. The van der Waals surface area contributed by atoms with Crippen LogP contribution in [-0.2, 0) is 27.8 Å². The molecule has 4 heteroatoms. The first-order valence-electron chi connectivity index (χ1n) is 15.0. The van der Waals surface area contributed by atoms with Gasteiger partial charge in [0.1, 0.15) is 0 Å². The molecule has 4 nitrogen and oxygen atoms in total. The van der Waals surface area contributed by atoms with Crippen LogP contribution in [0.5, 0.6) is 0 Å². The SMILES string of the molecule is C=CC(=O)OCCCc1ccc(N(c2ccc(CCCO)cc2)c2ccc3c(c2)C(C)(CC)c2cc(C)ccc2-3)cc1. The number of nitrogens with zero attached hydrogens (tertiary/aromatic N) is 1. The Hall–Kier alpha value is -4.15. The summed E-state index contributed by atoms with van der Waals surface area (Å²) in [5.74, 6) is -0.380. The number of ether oxygens (including phenoxy) is 1. The molecule has 0 fully saturated rings. The Balaban J connectivity index is 1.50. The zero-order valence-corrected chi connectivity index (χ0v) is 25.0. The topological polar surface area (TPSA) is 49.8 Å². The van der Waals surface area contributed by atoms with Crippen molar-refractivity contribution in [1.82, 2.24) is 0 Å². The highest BCUT2D eigenvalue weighted by molar-refractivity contribution is 5.86. The van der Waals surface area contributed by atoms with Gasteiger partial charge in [-0.2, -0.15) is 0 Å². The molecule has 4 aromatic rings. The highest BCUT2D eigenvalue weighted by Gasteiger charge is 2.38. The molecule has 0 radical (unpaired) electrons. The molecule has 0 heterocycles. The van der Waals surface area contributed by atoms with Crippen molar-refractivity contribution in [2.24, 2.45) is 0 Å². The predicted molar refractivity (Wildman–Crippen MR) is 173 cm³/mol. The quantitative estimate of drug-likeness (QED) is 0.107. The summed E-state index contributed by atoms with van der Waals surface area (Å²) in [5, 5.41) is 9.28. The summed E-state index contributed by atoms with van der Waals surface area (Å²) in [4.78, 5) is 13.7. The molecule has 0 saturated carbocycles. The molecular formula is C38H41NO3. The van der Waals surface area contributed by atoms with Crippen LogP contribution in [0.2, 0.25) is 0 Å². The zero-order chi connectivity index (χ0) is 29.7. The molecule has 216 valence electrons. The average Bonchev–Trinajstić information content (AvgIpc) is 3.26. The number of hydrogen-bond donors (Lipinski definition) is 1. The number of esters is 1. The number of aryl methyl sites for hydroxylation is 3. The molecule has 0 amide bonds. The van der Waals surface area contributed by atoms with Gasteiger partial charge in [-0.3, -0.25) is 0 Å². The minimum absolute atomic E-state index is 0.0502. The molecule has 1 aliphatic carbocycles. The minimum Gasteiger partial charge on any atom is -0.463 e. The van der Waals surface area contributed by atoms with Crippen LogP contribution in [0.15, 0.2) is 97.6 Å². The summed E-state index contributed by atoms with van der Waals surface area (Å²) in [6, 6.07) is 31.1. The Morgan fingerprint density at radius 3 is 1.95 bits per heavy atom. The third kappa shape index (κ3) is 5.91. The van der Waals surface area contributed by atoms with Crippen LogP contribution in [0.4, 0.5) is 17.1 Å². The second kappa shape index (κ2) is 12.8. The number of carbonyl (C=O) groups excluding carboxylic acids is 1. The van der Waals surface area contributed by atoms with Crippen LogP contribution in [0.1, 0.15) is 60.9 Å². The molecule has 1 atom stereocenters. The van der Waals surface area contributed by atoms with Crippen LogP contribution < -0.4 is 4.90 Å². The third-order valence-corrected chi connectivity index (χ3v) is 8.66. The van der Waals surface area contributed by atoms with Gasteiger partial charge in [-0.1, -0.05) is 74.5 Å². The van der Waals surface area contributed by atoms with E-state index in [1.807, 2.05) is 0 Å². The van der Waals surface area contributed by atoms with Gasteiger partial charge in [-0.15, -0.1) is 0 Å². The van der Waals surface area contributed by atoms with Gasteiger partial charge < -0.3 is 14.7 Å². The summed E-state index contributed by atoms with van der Waals surface area (Å²) < 4.78 is 5.14. The summed E-state index contributed by atoms with van der Waals surface area (Å²) in [7, 11) is 0. The van der Waals surface area contributed by atoms with Gasteiger partial charge in [0.05, 0.1) is 6.61 Å². The first-order chi connectivity index (χ1) is 20.4. The highest BCUT2D eigenvalue weighted by Crippen LogP contribution is 2.52. The molecule has 1 unspecified atom stereocenters. The molecule has 0 aromatic heterocycles. The molecule has 1 aliphatic rings. The van der Waals surface area contributed by atoms with Gasteiger partial charge in [0.2, 0.25) is 0 Å². The van der Waals surface area contributed by atoms with E-state index >= 15 is 0 Å². The lowest BCUT2D eigenvalue weighted by atomic mass is 9.77. The van der Waals surface area contributed by atoms with Gasteiger partial charge in [0, 0.05) is 35.2 Å². The van der Waals surface area contributed by atoms with Gasteiger partial charge in [-0.05, 0) is 109 Å². The predicted octanol–water partition coefficient (Wildman–Crippen LogP) is 8.75. The van der Waals surface area contributed by atoms with E-state index in [2.05, 4.69) is 117 Å². The minimum atomic E-state index is -0.380. The molecule has 1 N–H and O–H groups in total. The van der Waals surface area contributed by atoms with Crippen LogP contribution in [0.3, 0.4) is 0 Å². The maximum atomic E-state index is 11.3. The molecule has 0 spiro atoms. The van der Waals surface area contributed by atoms with Crippen LogP contribution >= 0.6 is 0 Å². The second-order valence-corrected chi connectivity index (χ2v) is 11.4. The number of hydrogen-bond acceptors (Lipinski definition) is 4. The smallest absolute Gasteiger partial charge is 0.330 e. The monoisotopic (exact) mass is 559 g/mol. The molecule has 5 rings (SSSR count). The van der Waals surface area contributed by atoms with Crippen molar-refractivity contribution in [1.29, 1.82) is 0 Å². The average molecular weight is 560 g/mol. The van der Waals surface area contributed by atoms with Gasteiger partial charge in [-0.25, -0.2) is 4.79 Å². The van der Waals surface area contributed by atoms with Crippen molar-refractivity contribution in [3.05, 3.63) is 125 Å². The van der Waals surface area contributed by atoms with Crippen molar-refractivity contribution >= 4 is 23.0 Å². The summed E-state index contributed by atoms with van der Waals surface area (Å²) in [5.41, 5.74) is 12.4. The Labute approximate surface area is 250 Å². The summed E-state index contributed by atoms with van der Waals surface area (Å²) in [6.45, 7) is 10.9. The van der Waals surface area contributed by atoms with Crippen molar-refractivity contribution in [3.8, 4) is 11.1 Å². The number of aliphatic hydroxyl groups excluding tert-OH is 1. The van der Waals surface area contributed by atoms with E-state index in [0.717, 1.165) is 49.2 Å². The standard InChI is InChI=1S/C38H41NO3/c1-5-37(41)42-24-8-10-29-14-18-31(19-15-29)39(30-16-12-28(13-17-30)9-7-23-40)32-20-22-34-33-21-11-27(3)25-35(33)38(4,6-2)36(34)26-32/h5,11-22,25-26,40H,1,6-10,23-24H2,2-4H3. The second-order valence-electron chi connectivity index (χ2n) is 11.4. The molecule has 4 aromatic carbocycles. The molecule has 0 aliphatic heterocycles. The van der Waals surface area contributed by atoms with Gasteiger partial charge >= 0.3 is 5.97 Å². The Morgan fingerprint density at radius 1 is 0.833 bits per heavy atom. The van der Waals surface area contributed by atoms with E-state index in [1.165, 1.54) is 45.0 Å². The van der Waals surface area contributed by atoms with Crippen molar-refractivity contribution in [2.45, 2.75) is 58.3 Å². The highest BCUT2D eigenvalue weighted by atomic mass is 16.5. The van der Waals surface area contributed by atoms with E-state index in [0.29, 0.717) is 6.61 Å². The third-order valence-electron chi connectivity index (χ3n) is 8.66. The number of anilines is 3. The summed E-state index contributed by atoms with van der Waals surface area (Å²) >= 11 is 0. The number of rotatable bonds is 12. The first-order valence-corrected chi connectivity index (χ1v) is 15.0. The Morgan fingerprint density at radius 2 is 1.38 bits per heavy atom. The largest absolute Gasteiger partial charge is 0.463 e. The zero-order valence-electron chi connectivity index (χ0n) is 25.0. The normalized spacial score (nSPS) is 15.1. The number of benzene rings is 4. The fraction of sp³-hybridized carbons (Fsp3) is 0.289. The number of fused-ring (bicyclic) bond motifs is 3. The van der Waals surface area contributed by atoms with E-state index < -0.39 is 0 Å². The van der Waals surface area contributed by atoms with E-state index in [1.54, 1.807) is 0 Å². The Bertz CT molecular complexity index is 1550. The lowest BCUT2D eigenvalue weighted by Crippen LogP contribution is -2.20. The van der Waals surface area contributed by atoms with Crippen molar-refractivity contribution < 1.29 is 14.6 Å². The first kappa shape index (κ1) is 29.3.